The topological polar surface area (TPSA) is 29.5 Å². The van der Waals surface area contributed by atoms with Gasteiger partial charge in [-0.2, -0.15) is 0 Å². The highest BCUT2D eigenvalue weighted by atomic mass is 127. The van der Waals surface area contributed by atoms with Gasteiger partial charge < -0.3 is 9.84 Å². The molecule has 0 fully saturated rings. The van der Waals surface area contributed by atoms with Gasteiger partial charge in [-0.3, -0.25) is 0 Å². The van der Waals surface area contributed by atoms with Gasteiger partial charge in [-0.15, -0.1) is 0 Å². The number of hydrogen-bond donors (Lipinski definition) is 1. The summed E-state index contributed by atoms with van der Waals surface area (Å²) in [5.74, 6) is 0.784. The number of benzene rings is 1. The summed E-state index contributed by atoms with van der Waals surface area (Å²) < 4.78 is 5.99. The number of rotatable bonds is 3. The monoisotopic (exact) mass is 320 g/mol. The van der Waals surface area contributed by atoms with Gasteiger partial charge >= 0.3 is 0 Å². The van der Waals surface area contributed by atoms with Crippen LogP contribution in [0.3, 0.4) is 0 Å². The molecule has 1 aromatic rings. The van der Waals surface area contributed by atoms with E-state index in [2.05, 4.69) is 43.4 Å². The highest BCUT2D eigenvalue weighted by Gasteiger charge is 2.21. The fourth-order valence-corrected chi connectivity index (χ4v) is 1.93. The second kappa shape index (κ2) is 4.60. The maximum Gasteiger partial charge on any atom is 0.171 e. The zero-order chi connectivity index (χ0) is 11.6. The SMILES string of the molecule is CCC(C)(C)c1cc(I)c(O)c(OC)c1. The lowest BCUT2D eigenvalue weighted by Gasteiger charge is -2.24. The first-order chi connectivity index (χ1) is 6.92. The highest BCUT2D eigenvalue weighted by Crippen LogP contribution is 2.37. The lowest BCUT2D eigenvalue weighted by atomic mass is 9.82. The van der Waals surface area contributed by atoms with Gasteiger partial charge in [0.05, 0.1) is 10.7 Å². The molecule has 0 amide bonds. The standard InChI is InChI=1S/C12H17IO2/c1-5-12(2,3)8-6-9(13)11(14)10(7-8)15-4/h6-7,14H,5H2,1-4H3. The van der Waals surface area contributed by atoms with E-state index in [4.69, 9.17) is 4.74 Å². The van der Waals surface area contributed by atoms with Crippen molar-refractivity contribution in [1.82, 2.24) is 0 Å². The molecule has 2 nitrogen and oxygen atoms in total. The summed E-state index contributed by atoms with van der Waals surface area (Å²) in [5, 5.41) is 9.73. The molecule has 84 valence electrons. The van der Waals surface area contributed by atoms with Crippen molar-refractivity contribution in [1.29, 1.82) is 0 Å². The zero-order valence-corrected chi connectivity index (χ0v) is 11.8. The molecular weight excluding hydrogens is 303 g/mol. The molecule has 0 atom stereocenters. The average Bonchev–Trinajstić information content (AvgIpc) is 2.21. The van der Waals surface area contributed by atoms with Crippen molar-refractivity contribution < 1.29 is 9.84 Å². The Morgan fingerprint density at radius 3 is 2.47 bits per heavy atom. The molecule has 0 aliphatic rings. The number of halogens is 1. The molecule has 0 aromatic heterocycles. The van der Waals surface area contributed by atoms with Crippen molar-refractivity contribution in [2.75, 3.05) is 7.11 Å². The summed E-state index contributed by atoms with van der Waals surface area (Å²) in [7, 11) is 1.58. The van der Waals surface area contributed by atoms with E-state index in [0.717, 1.165) is 9.99 Å². The predicted octanol–water partition coefficient (Wildman–Crippen LogP) is 3.69. The first-order valence-corrected chi connectivity index (χ1v) is 6.07. The Labute approximate surface area is 105 Å². The van der Waals surface area contributed by atoms with Gasteiger partial charge in [0, 0.05) is 0 Å². The van der Waals surface area contributed by atoms with Gasteiger partial charge in [-0.25, -0.2) is 0 Å². The summed E-state index contributed by atoms with van der Waals surface area (Å²) >= 11 is 2.13. The Hall–Kier alpha value is -0.450. The number of aromatic hydroxyl groups is 1. The summed E-state index contributed by atoms with van der Waals surface area (Å²) in [6.45, 7) is 6.54. The maximum atomic E-state index is 9.73. The van der Waals surface area contributed by atoms with Crippen LogP contribution in [0.25, 0.3) is 0 Å². The summed E-state index contributed by atoms with van der Waals surface area (Å²) in [6, 6.07) is 3.93. The quantitative estimate of drug-likeness (QED) is 0.861. The van der Waals surface area contributed by atoms with E-state index in [9.17, 15) is 5.11 Å². The van der Waals surface area contributed by atoms with Crippen LogP contribution < -0.4 is 4.74 Å². The molecule has 1 N–H and O–H groups in total. The van der Waals surface area contributed by atoms with Crippen LogP contribution in [0.5, 0.6) is 11.5 Å². The molecule has 0 spiro atoms. The molecule has 0 aliphatic heterocycles. The van der Waals surface area contributed by atoms with Gasteiger partial charge in [-0.1, -0.05) is 20.8 Å². The van der Waals surface area contributed by atoms with Crippen molar-refractivity contribution in [3.05, 3.63) is 21.3 Å². The predicted molar refractivity (Wildman–Crippen MR) is 70.7 cm³/mol. The first kappa shape index (κ1) is 12.6. The van der Waals surface area contributed by atoms with Crippen LogP contribution in [0, 0.1) is 3.57 Å². The summed E-state index contributed by atoms with van der Waals surface area (Å²) in [6.07, 6.45) is 1.05. The number of phenolic OH excluding ortho intramolecular Hbond substituents is 1. The second-order valence-corrected chi connectivity index (χ2v) is 5.41. The third-order valence-corrected chi connectivity index (χ3v) is 3.74. The molecule has 1 aromatic carbocycles. The summed E-state index contributed by atoms with van der Waals surface area (Å²) in [5.41, 5.74) is 1.31. The minimum Gasteiger partial charge on any atom is -0.504 e. The first-order valence-electron chi connectivity index (χ1n) is 4.99. The highest BCUT2D eigenvalue weighted by molar-refractivity contribution is 14.1. The van der Waals surface area contributed by atoms with E-state index < -0.39 is 0 Å². The Bertz CT molecular complexity index is 359. The molecule has 3 heteroatoms. The molecule has 0 radical (unpaired) electrons. The van der Waals surface area contributed by atoms with Crippen molar-refractivity contribution >= 4 is 22.6 Å². The van der Waals surface area contributed by atoms with Crippen LogP contribution in [-0.2, 0) is 5.41 Å². The Morgan fingerprint density at radius 1 is 1.40 bits per heavy atom. The minimum atomic E-state index is 0.112. The van der Waals surface area contributed by atoms with E-state index in [0.29, 0.717) is 5.75 Å². The maximum absolute atomic E-state index is 9.73. The molecule has 0 saturated heterocycles. The summed E-state index contributed by atoms with van der Waals surface area (Å²) in [4.78, 5) is 0. The van der Waals surface area contributed by atoms with Crippen LogP contribution in [-0.4, -0.2) is 12.2 Å². The largest absolute Gasteiger partial charge is 0.504 e. The van der Waals surface area contributed by atoms with Gasteiger partial charge in [-0.05, 0) is 52.1 Å². The molecule has 0 heterocycles. The second-order valence-electron chi connectivity index (χ2n) is 4.25. The minimum absolute atomic E-state index is 0.112. The normalized spacial score (nSPS) is 11.5. The number of phenols is 1. The van der Waals surface area contributed by atoms with E-state index in [1.807, 2.05) is 12.1 Å². The van der Waals surface area contributed by atoms with Crippen molar-refractivity contribution in [3.8, 4) is 11.5 Å². The van der Waals surface area contributed by atoms with Crippen LogP contribution in [0.4, 0.5) is 0 Å². The fourth-order valence-electron chi connectivity index (χ4n) is 1.32. The van der Waals surface area contributed by atoms with Gasteiger partial charge in [0.15, 0.2) is 11.5 Å². The molecule has 1 rings (SSSR count). The van der Waals surface area contributed by atoms with Crippen molar-refractivity contribution in [2.45, 2.75) is 32.6 Å². The van der Waals surface area contributed by atoms with E-state index in [-0.39, 0.29) is 11.2 Å². The van der Waals surface area contributed by atoms with Gasteiger partial charge in [0.1, 0.15) is 0 Å². The Balaban J connectivity index is 3.28. The average molecular weight is 320 g/mol. The van der Waals surface area contributed by atoms with E-state index >= 15 is 0 Å². The number of methoxy groups -OCH3 is 1. The molecule has 0 bridgehead atoms. The van der Waals surface area contributed by atoms with E-state index in [1.54, 1.807) is 7.11 Å². The molecule has 15 heavy (non-hydrogen) atoms. The van der Waals surface area contributed by atoms with Crippen LogP contribution in [0.15, 0.2) is 12.1 Å². The molecular formula is C12H17IO2. The zero-order valence-electron chi connectivity index (χ0n) is 9.60. The molecule has 0 aliphatic carbocycles. The van der Waals surface area contributed by atoms with Gasteiger partial charge in [0.2, 0.25) is 0 Å². The Kier molecular flexibility index (Phi) is 3.87. The lowest BCUT2D eigenvalue weighted by molar-refractivity contribution is 0.369. The van der Waals surface area contributed by atoms with E-state index in [1.165, 1.54) is 5.56 Å². The number of hydrogen-bond acceptors (Lipinski definition) is 2. The number of ether oxygens (including phenoxy) is 1. The molecule has 0 saturated carbocycles. The third kappa shape index (κ3) is 2.56. The molecule has 0 unspecified atom stereocenters. The van der Waals surface area contributed by atoms with Crippen LogP contribution in [0.2, 0.25) is 0 Å². The fraction of sp³-hybridized carbons (Fsp3) is 0.500. The lowest BCUT2D eigenvalue weighted by Crippen LogP contribution is -2.15. The smallest absolute Gasteiger partial charge is 0.171 e. The van der Waals surface area contributed by atoms with Gasteiger partial charge in [0.25, 0.3) is 0 Å². The van der Waals surface area contributed by atoms with Crippen molar-refractivity contribution in [3.63, 3.8) is 0 Å². The van der Waals surface area contributed by atoms with Crippen LogP contribution >= 0.6 is 22.6 Å². The van der Waals surface area contributed by atoms with Crippen molar-refractivity contribution in [2.24, 2.45) is 0 Å². The third-order valence-electron chi connectivity index (χ3n) is 2.91. The van der Waals surface area contributed by atoms with Crippen LogP contribution in [0.1, 0.15) is 32.8 Å². The Morgan fingerprint density at radius 2 is 2.00 bits per heavy atom.